The second-order valence-corrected chi connectivity index (χ2v) is 6.00. The number of rotatable bonds is 3. The van der Waals surface area contributed by atoms with Crippen molar-refractivity contribution >= 4 is 43.2 Å². The molecular formula is C8H10Br2S. The molecule has 0 nitrogen and oxygen atoms in total. The molecule has 0 N–H and O–H groups in total. The lowest BCUT2D eigenvalue weighted by Crippen LogP contribution is -1.82. The quantitative estimate of drug-likeness (QED) is 0.707. The highest BCUT2D eigenvalue weighted by atomic mass is 79.9. The van der Waals surface area contributed by atoms with Gasteiger partial charge in [0.05, 0.1) is 3.79 Å². The zero-order valence-corrected chi connectivity index (χ0v) is 10.3. The largest absolute Gasteiger partial charge is 0.132 e. The first kappa shape index (κ1) is 9.75. The average molecular weight is 298 g/mol. The smallest absolute Gasteiger partial charge is 0.0701 e. The van der Waals surface area contributed by atoms with Gasteiger partial charge in [-0.3, -0.25) is 0 Å². The van der Waals surface area contributed by atoms with Crippen LogP contribution in [0.1, 0.15) is 29.5 Å². The Hall–Kier alpha value is 0.660. The van der Waals surface area contributed by atoms with Gasteiger partial charge < -0.3 is 0 Å². The minimum atomic E-state index is 0.545. The van der Waals surface area contributed by atoms with Crippen LogP contribution >= 0.6 is 43.2 Å². The molecule has 1 unspecified atom stereocenters. The molecule has 0 spiro atoms. The van der Waals surface area contributed by atoms with Crippen LogP contribution in [0.25, 0.3) is 0 Å². The maximum atomic E-state index is 3.65. The van der Waals surface area contributed by atoms with Crippen molar-refractivity contribution in [2.24, 2.45) is 0 Å². The molecule has 0 saturated heterocycles. The van der Waals surface area contributed by atoms with Crippen LogP contribution in [-0.4, -0.2) is 0 Å². The van der Waals surface area contributed by atoms with Gasteiger partial charge in [0.2, 0.25) is 0 Å². The van der Waals surface area contributed by atoms with E-state index in [9.17, 15) is 0 Å². The fraction of sp³-hybridized carbons (Fsp3) is 0.500. The fourth-order valence-electron chi connectivity index (χ4n) is 0.892. The van der Waals surface area contributed by atoms with E-state index in [1.165, 1.54) is 21.5 Å². The average Bonchev–Trinajstić information content (AvgIpc) is 2.36. The van der Waals surface area contributed by atoms with E-state index in [1.54, 1.807) is 11.3 Å². The fourth-order valence-corrected chi connectivity index (χ4v) is 3.22. The van der Waals surface area contributed by atoms with Crippen LogP contribution in [0.3, 0.4) is 0 Å². The Labute approximate surface area is 88.3 Å². The number of halogens is 2. The third-order valence-corrected chi connectivity index (χ3v) is 4.44. The summed E-state index contributed by atoms with van der Waals surface area (Å²) in [6, 6.07) is 4.27. The van der Waals surface area contributed by atoms with Crippen molar-refractivity contribution in [1.29, 1.82) is 0 Å². The molecule has 0 aromatic carbocycles. The molecule has 0 aliphatic rings. The van der Waals surface area contributed by atoms with Gasteiger partial charge in [-0.25, -0.2) is 0 Å². The maximum Gasteiger partial charge on any atom is 0.0701 e. The molecule has 11 heavy (non-hydrogen) atoms. The standard InChI is InChI=1S/C8H10Br2S/c1-2-3-6(9)7-4-5-8(10)11-7/h4-6H,2-3H2,1H3. The number of thiophene rings is 1. The molecule has 1 heterocycles. The highest BCUT2D eigenvalue weighted by Crippen LogP contribution is 2.34. The van der Waals surface area contributed by atoms with Gasteiger partial charge in [-0.1, -0.05) is 29.3 Å². The van der Waals surface area contributed by atoms with E-state index in [2.05, 4.69) is 50.9 Å². The van der Waals surface area contributed by atoms with Crippen LogP contribution in [0.15, 0.2) is 15.9 Å². The third-order valence-electron chi connectivity index (χ3n) is 1.44. The number of hydrogen-bond acceptors (Lipinski definition) is 1. The van der Waals surface area contributed by atoms with Crippen LogP contribution in [-0.2, 0) is 0 Å². The highest BCUT2D eigenvalue weighted by Gasteiger charge is 2.07. The zero-order chi connectivity index (χ0) is 8.27. The monoisotopic (exact) mass is 296 g/mol. The molecule has 3 heteroatoms. The summed E-state index contributed by atoms with van der Waals surface area (Å²) >= 11 is 8.90. The highest BCUT2D eigenvalue weighted by molar-refractivity contribution is 9.11. The molecule has 0 aliphatic carbocycles. The minimum Gasteiger partial charge on any atom is -0.132 e. The summed E-state index contributed by atoms with van der Waals surface area (Å²) in [6.07, 6.45) is 2.44. The number of alkyl halides is 1. The Kier molecular flexibility index (Phi) is 4.10. The molecule has 0 bridgehead atoms. The van der Waals surface area contributed by atoms with E-state index in [1.807, 2.05) is 0 Å². The lowest BCUT2D eigenvalue weighted by Gasteiger charge is -2.03. The van der Waals surface area contributed by atoms with Gasteiger partial charge in [0.25, 0.3) is 0 Å². The van der Waals surface area contributed by atoms with Gasteiger partial charge in [-0.2, -0.15) is 0 Å². The second-order valence-electron chi connectivity index (χ2n) is 2.40. The van der Waals surface area contributed by atoms with Crippen molar-refractivity contribution in [3.63, 3.8) is 0 Å². The molecule has 1 aromatic rings. The van der Waals surface area contributed by atoms with Crippen molar-refractivity contribution < 1.29 is 0 Å². The Morgan fingerprint density at radius 2 is 2.27 bits per heavy atom. The molecule has 0 fully saturated rings. The summed E-state index contributed by atoms with van der Waals surface area (Å²) in [6.45, 7) is 2.21. The van der Waals surface area contributed by atoms with Crippen molar-refractivity contribution in [2.75, 3.05) is 0 Å². The topological polar surface area (TPSA) is 0 Å². The molecule has 0 saturated carbocycles. The molecule has 62 valence electrons. The van der Waals surface area contributed by atoms with Gasteiger partial charge in [0, 0.05) is 9.70 Å². The van der Waals surface area contributed by atoms with Crippen molar-refractivity contribution in [2.45, 2.75) is 24.6 Å². The summed E-state index contributed by atoms with van der Waals surface area (Å²) in [5.41, 5.74) is 0. The van der Waals surface area contributed by atoms with Gasteiger partial charge in [0.15, 0.2) is 0 Å². The van der Waals surface area contributed by atoms with Crippen molar-refractivity contribution in [3.8, 4) is 0 Å². The van der Waals surface area contributed by atoms with E-state index >= 15 is 0 Å². The van der Waals surface area contributed by atoms with E-state index in [0.29, 0.717) is 4.83 Å². The minimum absolute atomic E-state index is 0.545. The lowest BCUT2D eigenvalue weighted by atomic mass is 10.2. The summed E-state index contributed by atoms with van der Waals surface area (Å²) in [5, 5.41) is 0. The van der Waals surface area contributed by atoms with Gasteiger partial charge >= 0.3 is 0 Å². The second kappa shape index (κ2) is 4.63. The van der Waals surface area contributed by atoms with Crippen LogP contribution in [0, 0.1) is 0 Å². The zero-order valence-electron chi connectivity index (χ0n) is 6.31. The lowest BCUT2D eigenvalue weighted by molar-refractivity contribution is 0.798. The molecular weight excluding hydrogens is 288 g/mol. The van der Waals surface area contributed by atoms with Crippen LogP contribution in [0.2, 0.25) is 0 Å². The predicted molar refractivity (Wildman–Crippen MR) is 58.6 cm³/mol. The summed E-state index contributed by atoms with van der Waals surface area (Å²) in [5.74, 6) is 0. The van der Waals surface area contributed by atoms with Crippen LogP contribution < -0.4 is 0 Å². The normalized spacial score (nSPS) is 13.4. The van der Waals surface area contributed by atoms with E-state index < -0.39 is 0 Å². The predicted octanol–water partition coefficient (Wildman–Crippen LogP) is 4.75. The molecule has 1 rings (SSSR count). The van der Waals surface area contributed by atoms with Crippen molar-refractivity contribution in [3.05, 3.63) is 20.8 Å². The van der Waals surface area contributed by atoms with Crippen LogP contribution in [0.5, 0.6) is 0 Å². The van der Waals surface area contributed by atoms with Gasteiger partial charge in [-0.05, 0) is 34.5 Å². The maximum absolute atomic E-state index is 3.65. The van der Waals surface area contributed by atoms with Crippen molar-refractivity contribution in [1.82, 2.24) is 0 Å². The first-order chi connectivity index (χ1) is 5.24. The van der Waals surface area contributed by atoms with Crippen LogP contribution in [0.4, 0.5) is 0 Å². The Balaban J connectivity index is 2.60. The summed E-state index contributed by atoms with van der Waals surface area (Å²) in [7, 11) is 0. The molecule has 1 atom stereocenters. The SMILES string of the molecule is CCCC(Br)c1ccc(Br)s1. The Morgan fingerprint density at radius 1 is 1.55 bits per heavy atom. The Morgan fingerprint density at radius 3 is 2.73 bits per heavy atom. The molecule has 1 aromatic heterocycles. The summed E-state index contributed by atoms with van der Waals surface area (Å²) in [4.78, 5) is 1.96. The first-order valence-electron chi connectivity index (χ1n) is 3.63. The van der Waals surface area contributed by atoms with Gasteiger partial charge in [0.1, 0.15) is 0 Å². The summed E-state index contributed by atoms with van der Waals surface area (Å²) < 4.78 is 1.22. The van der Waals surface area contributed by atoms with Gasteiger partial charge in [-0.15, -0.1) is 11.3 Å². The first-order valence-corrected chi connectivity index (χ1v) is 6.16. The molecule has 0 amide bonds. The molecule has 0 radical (unpaired) electrons. The van der Waals surface area contributed by atoms with E-state index in [4.69, 9.17) is 0 Å². The number of hydrogen-bond donors (Lipinski definition) is 0. The Bertz CT molecular complexity index is 220. The van der Waals surface area contributed by atoms with E-state index in [0.717, 1.165) is 0 Å². The molecule has 0 aliphatic heterocycles. The van der Waals surface area contributed by atoms with E-state index in [-0.39, 0.29) is 0 Å². The third kappa shape index (κ3) is 2.88.